The van der Waals surface area contributed by atoms with E-state index in [2.05, 4.69) is 71.2 Å². The first-order valence-electron chi connectivity index (χ1n) is 14.1. The van der Waals surface area contributed by atoms with Gasteiger partial charge in [0.05, 0.1) is 10.7 Å². The van der Waals surface area contributed by atoms with E-state index >= 15 is 0 Å². The van der Waals surface area contributed by atoms with Gasteiger partial charge in [0.15, 0.2) is 0 Å². The van der Waals surface area contributed by atoms with Crippen LogP contribution in [0, 0.1) is 0 Å². The molecule has 1 amide bonds. The Morgan fingerprint density at radius 2 is 1.59 bits per heavy atom. The van der Waals surface area contributed by atoms with Crippen LogP contribution in [-0.2, 0) is 18.4 Å². The standard InChI is InChI=1S/C35H34ClN3O2/c1-37-24-31(29-14-5-7-16-33(29)37)30(27-12-9-13-28(22-27)41-25-26-10-3-2-4-11-26)23-35(40)39-20-18-38(19-21-39)34-17-8-6-15-32(34)36/h2-17,22,24,30H,18-21,23,25H2,1H3. The Labute approximate surface area is 246 Å². The van der Waals surface area contributed by atoms with Crippen LogP contribution >= 0.6 is 11.6 Å². The number of para-hydroxylation sites is 2. The molecule has 0 saturated carbocycles. The van der Waals surface area contributed by atoms with E-state index in [1.807, 2.05) is 59.5 Å². The van der Waals surface area contributed by atoms with E-state index in [9.17, 15) is 4.79 Å². The van der Waals surface area contributed by atoms with Crippen molar-refractivity contribution >= 4 is 34.1 Å². The predicted octanol–water partition coefficient (Wildman–Crippen LogP) is 7.28. The van der Waals surface area contributed by atoms with Crippen LogP contribution < -0.4 is 9.64 Å². The minimum Gasteiger partial charge on any atom is -0.489 e. The molecule has 1 aromatic heterocycles. The molecule has 4 aromatic carbocycles. The maximum absolute atomic E-state index is 13.8. The molecule has 6 heteroatoms. The molecule has 41 heavy (non-hydrogen) atoms. The molecule has 0 aliphatic carbocycles. The van der Waals surface area contributed by atoms with Gasteiger partial charge in [-0.3, -0.25) is 4.79 Å². The number of aryl methyl sites for hydroxylation is 1. The number of fused-ring (bicyclic) bond motifs is 1. The number of amides is 1. The third kappa shape index (κ3) is 5.96. The maximum Gasteiger partial charge on any atom is 0.223 e. The Morgan fingerprint density at radius 1 is 0.854 bits per heavy atom. The van der Waals surface area contributed by atoms with Gasteiger partial charge in [-0.15, -0.1) is 0 Å². The van der Waals surface area contributed by atoms with Crippen LogP contribution in [0.2, 0.25) is 5.02 Å². The Hall–Kier alpha value is -4.22. The topological polar surface area (TPSA) is 37.7 Å². The van der Waals surface area contributed by atoms with Gasteiger partial charge in [-0.25, -0.2) is 0 Å². The highest BCUT2D eigenvalue weighted by molar-refractivity contribution is 6.33. The maximum atomic E-state index is 13.8. The number of hydrogen-bond acceptors (Lipinski definition) is 3. The average molecular weight is 564 g/mol. The van der Waals surface area contributed by atoms with Gasteiger partial charge in [-0.2, -0.15) is 0 Å². The third-order valence-corrected chi connectivity index (χ3v) is 8.34. The average Bonchev–Trinajstić information content (AvgIpc) is 3.35. The molecule has 0 bridgehead atoms. The summed E-state index contributed by atoms with van der Waals surface area (Å²) in [5, 5.41) is 1.92. The fourth-order valence-corrected chi connectivity index (χ4v) is 6.08. The highest BCUT2D eigenvalue weighted by atomic mass is 35.5. The van der Waals surface area contributed by atoms with E-state index < -0.39 is 0 Å². The van der Waals surface area contributed by atoms with E-state index in [0.29, 0.717) is 26.1 Å². The van der Waals surface area contributed by atoms with Crippen LogP contribution in [0.15, 0.2) is 109 Å². The van der Waals surface area contributed by atoms with Crippen LogP contribution in [0.4, 0.5) is 5.69 Å². The number of halogens is 1. The molecule has 1 fully saturated rings. The molecule has 0 spiro atoms. The van der Waals surface area contributed by atoms with Gasteiger partial charge < -0.3 is 19.1 Å². The predicted molar refractivity (Wildman–Crippen MR) is 167 cm³/mol. The lowest BCUT2D eigenvalue weighted by Gasteiger charge is -2.37. The Bertz CT molecular complexity index is 1640. The van der Waals surface area contributed by atoms with Gasteiger partial charge >= 0.3 is 0 Å². The molecule has 2 heterocycles. The molecule has 6 rings (SSSR count). The Morgan fingerprint density at radius 3 is 2.39 bits per heavy atom. The van der Waals surface area contributed by atoms with Crippen molar-refractivity contribution in [1.82, 2.24) is 9.47 Å². The van der Waals surface area contributed by atoms with Crippen molar-refractivity contribution in [2.45, 2.75) is 18.9 Å². The second-order valence-corrected chi connectivity index (χ2v) is 11.0. The van der Waals surface area contributed by atoms with Gasteiger partial charge in [0.25, 0.3) is 0 Å². The van der Waals surface area contributed by atoms with Gasteiger partial charge in [0.2, 0.25) is 5.91 Å². The number of carbonyl (C=O) groups excluding carboxylic acids is 1. The first-order valence-corrected chi connectivity index (χ1v) is 14.5. The summed E-state index contributed by atoms with van der Waals surface area (Å²) in [6.07, 6.45) is 2.57. The van der Waals surface area contributed by atoms with Crippen LogP contribution in [0.25, 0.3) is 10.9 Å². The lowest BCUT2D eigenvalue weighted by atomic mass is 9.87. The van der Waals surface area contributed by atoms with E-state index in [1.54, 1.807) is 0 Å². The summed E-state index contributed by atoms with van der Waals surface area (Å²) >= 11 is 6.45. The minimum atomic E-state index is -0.101. The number of hydrogen-bond donors (Lipinski definition) is 0. The van der Waals surface area contributed by atoms with Crippen molar-refractivity contribution in [2.24, 2.45) is 7.05 Å². The number of aromatic nitrogens is 1. The summed E-state index contributed by atoms with van der Waals surface area (Å²) in [5.41, 5.74) is 5.54. The molecule has 1 unspecified atom stereocenters. The largest absolute Gasteiger partial charge is 0.489 e. The van der Waals surface area contributed by atoms with Gasteiger partial charge in [0.1, 0.15) is 12.4 Å². The molecule has 5 nitrogen and oxygen atoms in total. The molecule has 5 aromatic rings. The Balaban J connectivity index is 1.25. The Kier molecular flexibility index (Phi) is 7.97. The zero-order valence-electron chi connectivity index (χ0n) is 23.2. The smallest absolute Gasteiger partial charge is 0.223 e. The van der Waals surface area contributed by atoms with Crippen LogP contribution in [0.3, 0.4) is 0 Å². The zero-order chi connectivity index (χ0) is 28.2. The quantitative estimate of drug-likeness (QED) is 0.199. The van der Waals surface area contributed by atoms with Crippen LogP contribution in [-0.4, -0.2) is 41.6 Å². The van der Waals surface area contributed by atoms with Crippen molar-refractivity contribution < 1.29 is 9.53 Å². The fourth-order valence-electron chi connectivity index (χ4n) is 5.83. The van der Waals surface area contributed by atoms with E-state index in [0.717, 1.165) is 51.8 Å². The normalized spacial score (nSPS) is 14.3. The molecule has 1 atom stereocenters. The van der Waals surface area contributed by atoms with Crippen molar-refractivity contribution in [2.75, 3.05) is 31.1 Å². The fraction of sp³-hybridized carbons (Fsp3) is 0.229. The number of piperazine rings is 1. The van der Waals surface area contributed by atoms with E-state index in [-0.39, 0.29) is 11.8 Å². The lowest BCUT2D eigenvalue weighted by molar-refractivity contribution is -0.131. The van der Waals surface area contributed by atoms with Crippen molar-refractivity contribution in [3.8, 4) is 5.75 Å². The first kappa shape index (κ1) is 27.0. The van der Waals surface area contributed by atoms with Crippen molar-refractivity contribution in [3.05, 3.63) is 131 Å². The zero-order valence-corrected chi connectivity index (χ0v) is 24.0. The summed E-state index contributed by atoms with van der Waals surface area (Å²) in [5.74, 6) is 0.866. The number of rotatable bonds is 8. The van der Waals surface area contributed by atoms with Gasteiger partial charge in [-0.05, 0) is 47.0 Å². The third-order valence-electron chi connectivity index (χ3n) is 8.02. The van der Waals surface area contributed by atoms with Crippen LogP contribution in [0.1, 0.15) is 29.0 Å². The molecule has 208 valence electrons. The molecular formula is C35H34ClN3O2. The SMILES string of the molecule is Cn1cc(C(CC(=O)N2CCN(c3ccccc3Cl)CC2)c2cccc(OCc3ccccc3)c2)c2ccccc21. The molecule has 0 radical (unpaired) electrons. The van der Waals surface area contributed by atoms with Crippen molar-refractivity contribution in [1.29, 1.82) is 0 Å². The van der Waals surface area contributed by atoms with E-state index in [1.165, 1.54) is 5.39 Å². The number of carbonyl (C=O) groups is 1. The number of nitrogens with zero attached hydrogens (tertiary/aromatic N) is 3. The number of benzene rings is 4. The van der Waals surface area contributed by atoms with Crippen molar-refractivity contribution in [3.63, 3.8) is 0 Å². The summed E-state index contributed by atoms with van der Waals surface area (Å²) in [7, 11) is 2.07. The molecule has 1 aliphatic heterocycles. The number of anilines is 1. The summed E-state index contributed by atoms with van der Waals surface area (Å²) in [4.78, 5) is 18.1. The molecular weight excluding hydrogens is 530 g/mol. The first-order chi connectivity index (χ1) is 20.1. The minimum absolute atomic E-state index is 0.101. The lowest BCUT2D eigenvalue weighted by Crippen LogP contribution is -2.49. The van der Waals surface area contributed by atoms with Gasteiger partial charge in [-0.1, -0.05) is 84.4 Å². The summed E-state index contributed by atoms with van der Waals surface area (Å²) in [6, 6.07) is 34.7. The summed E-state index contributed by atoms with van der Waals surface area (Å²) in [6.45, 7) is 3.37. The summed E-state index contributed by atoms with van der Waals surface area (Å²) < 4.78 is 8.33. The second-order valence-electron chi connectivity index (χ2n) is 10.6. The molecule has 1 saturated heterocycles. The van der Waals surface area contributed by atoms with Gasteiger partial charge in [0, 0.05) is 62.7 Å². The van der Waals surface area contributed by atoms with Crippen LogP contribution in [0.5, 0.6) is 5.75 Å². The second kappa shape index (κ2) is 12.1. The van der Waals surface area contributed by atoms with E-state index in [4.69, 9.17) is 16.3 Å². The highest BCUT2D eigenvalue weighted by Crippen LogP contribution is 2.36. The number of ether oxygens (including phenoxy) is 1. The highest BCUT2D eigenvalue weighted by Gasteiger charge is 2.28. The monoisotopic (exact) mass is 563 g/mol. The molecule has 1 aliphatic rings. The molecule has 0 N–H and O–H groups in total.